The molecule has 174 valence electrons. The highest BCUT2D eigenvalue weighted by molar-refractivity contribution is 7.17. The molecule has 0 saturated heterocycles. The van der Waals surface area contributed by atoms with Crippen LogP contribution in [0, 0.1) is 20.8 Å². The predicted molar refractivity (Wildman–Crippen MR) is 137 cm³/mol. The predicted octanol–water partition coefficient (Wildman–Crippen LogP) is 5.91. The van der Waals surface area contributed by atoms with Crippen molar-refractivity contribution in [1.29, 1.82) is 0 Å². The molecule has 0 fully saturated rings. The van der Waals surface area contributed by atoms with Crippen LogP contribution >= 0.6 is 11.3 Å². The lowest BCUT2D eigenvalue weighted by molar-refractivity contribution is -0.117. The molecule has 1 aliphatic rings. The third-order valence-corrected chi connectivity index (χ3v) is 7.26. The van der Waals surface area contributed by atoms with Crippen LogP contribution in [0.4, 0.5) is 5.69 Å². The fraction of sp³-hybridized carbons (Fsp3) is 0.143. The number of hydrogen-bond acceptors (Lipinski definition) is 6. The van der Waals surface area contributed by atoms with E-state index < -0.39 is 23.5 Å². The van der Waals surface area contributed by atoms with Crippen molar-refractivity contribution in [3.05, 3.63) is 112 Å². The summed E-state index contributed by atoms with van der Waals surface area (Å²) in [6.45, 7) is 5.64. The molecule has 6 nitrogen and oxygen atoms in total. The number of aliphatic hydroxyl groups is 1. The van der Waals surface area contributed by atoms with Crippen molar-refractivity contribution in [3.8, 4) is 10.6 Å². The van der Waals surface area contributed by atoms with E-state index in [2.05, 4.69) is 9.97 Å². The molecular formula is C28H23N3O3S. The van der Waals surface area contributed by atoms with Crippen LogP contribution in [0.1, 0.15) is 38.2 Å². The maximum atomic E-state index is 13.9. The molecule has 0 saturated carbocycles. The Morgan fingerprint density at radius 1 is 1.00 bits per heavy atom. The van der Waals surface area contributed by atoms with Crippen LogP contribution in [-0.2, 0) is 4.79 Å². The van der Waals surface area contributed by atoms with E-state index in [0.29, 0.717) is 27.0 Å². The Kier molecular flexibility index (Phi) is 5.78. The second kappa shape index (κ2) is 8.92. The zero-order valence-electron chi connectivity index (χ0n) is 19.5. The van der Waals surface area contributed by atoms with E-state index in [1.165, 1.54) is 16.2 Å². The molecule has 1 N–H and O–H groups in total. The van der Waals surface area contributed by atoms with E-state index in [-0.39, 0.29) is 5.57 Å². The molecule has 2 aromatic heterocycles. The summed E-state index contributed by atoms with van der Waals surface area (Å²) in [5.41, 5.74) is 4.50. The fourth-order valence-corrected chi connectivity index (χ4v) is 5.44. The molecule has 1 amide bonds. The van der Waals surface area contributed by atoms with Gasteiger partial charge in [0.05, 0.1) is 21.8 Å². The zero-order chi connectivity index (χ0) is 24.7. The highest BCUT2D eigenvalue weighted by Gasteiger charge is 2.46. The summed E-state index contributed by atoms with van der Waals surface area (Å²) in [6, 6.07) is 19.8. The number of hydrogen-bond donors (Lipinski definition) is 1. The van der Waals surface area contributed by atoms with Gasteiger partial charge in [-0.25, -0.2) is 4.98 Å². The second-order valence-electron chi connectivity index (χ2n) is 8.51. The summed E-state index contributed by atoms with van der Waals surface area (Å²) in [5, 5.41) is 11.7. The third kappa shape index (κ3) is 3.94. The SMILES string of the molecule is Cc1ccc(N2C(=O)C(O)=C(C(=O)c3sc(-c4ccccc4)nc3C)C2c2ccccn2)c(C)c1. The minimum absolute atomic E-state index is 0.0139. The third-order valence-electron chi connectivity index (χ3n) is 6.06. The number of aliphatic hydroxyl groups excluding tert-OH is 1. The van der Waals surface area contributed by atoms with Gasteiger partial charge in [0.15, 0.2) is 5.76 Å². The lowest BCUT2D eigenvalue weighted by atomic mass is 9.97. The molecule has 0 aliphatic carbocycles. The highest BCUT2D eigenvalue weighted by atomic mass is 32.1. The number of pyridine rings is 1. The van der Waals surface area contributed by atoms with Crippen LogP contribution in [0.15, 0.2) is 84.3 Å². The number of benzene rings is 2. The summed E-state index contributed by atoms with van der Waals surface area (Å²) in [6.07, 6.45) is 1.61. The fourth-order valence-electron chi connectivity index (χ4n) is 4.41. The Morgan fingerprint density at radius 3 is 2.43 bits per heavy atom. The van der Waals surface area contributed by atoms with Gasteiger partial charge in [0, 0.05) is 17.4 Å². The first-order valence-corrected chi connectivity index (χ1v) is 12.0. The lowest BCUT2D eigenvalue weighted by Crippen LogP contribution is -2.32. The number of aromatic nitrogens is 2. The van der Waals surface area contributed by atoms with Crippen molar-refractivity contribution in [2.75, 3.05) is 4.90 Å². The number of anilines is 1. The van der Waals surface area contributed by atoms with E-state index >= 15 is 0 Å². The van der Waals surface area contributed by atoms with Crippen LogP contribution in [0.2, 0.25) is 0 Å². The molecular weight excluding hydrogens is 458 g/mol. The van der Waals surface area contributed by atoms with Crippen molar-refractivity contribution >= 4 is 28.7 Å². The van der Waals surface area contributed by atoms with E-state index in [9.17, 15) is 14.7 Å². The number of Topliss-reactive ketones (excluding diaryl/α,β-unsaturated/α-hetero) is 1. The Morgan fingerprint density at radius 2 is 1.74 bits per heavy atom. The van der Waals surface area contributed by atoms with Gasteiger partial charge in [0.25, 0.3) is 5.91 Å². The van der Waals surface area contributed by atoms with Crippen LogP contribution in [0.5, 0.6) is 0 Å². The first-order valence-electron chi connectivity index (χ1n) is 11.2. The largest absolute Gasteiger partial charge is 0.503 e. The first kappa shape index (κ1) is 22.7. The number of thiazole rings is 1. The molecule has 0 spiro atoms. The summed E-state index contributed by atoms with van der Waals surface area (Å²) < 4.78 is 0. The van der Waals surface area contributed by atoms with Gasteiger partial charge in [0.1, 0.15) is 11.0 Å². The molecule has 1 unspecified atom stereocenters. The molecule has 3 heterocycles. The standard InChI is InChI=1S/C28H23N3O3S/c1-16-12-13-21(17(2)15-16)31-23(20-11-7-8-14-29-20)22(25(33)28(31)34)24(32)26-18(3)30-27(35-26)19-9-5-4-6-10-19/h4-15,23,33H,1-3H3. The number of carbonyl (C=O) groups excluding carboxylic acids is 2. The van der Waals surface area contributed by atoms with Crippen molar-refractivity contribution in [2.24, 2.45) is 0 Å². The number of aryl methyl sites for hydroxylation is 3. The number of amides is 1. The van der Waals surface area contributed by atoms with E-state index in [0.717, 1.165) is 16.7 Å². The maximum Gasteiger partial charge on any atom is 0.294 e. The van der Waals surface area contributed by atoms with Crippen LogP contribution in [0.25, 0.3) is 10.6 Å². The molecule has 0 radical (unpaired) electrons. The van der Waals surface area contributed by atoms with Gasteiger partial charge in [0.2, 0.25) is 5.78 Å². The Labute approximate surface area is 207 Å². The number of nitrogens with zero attached hydrogens (tertiary/aromatic N) is 3. The van der Waals surface area contributed by atoms with Crippen LogP contribution in [-0.4, -0.2) is 26.8 Å². The van der Waals surface area contributed by atoms with Gasteiger partial charge in [-0.1, -0.05) is 54.1 Å². The summed E-state index contributed by atoms with van der Waals surface area (Å²) in [5.74, 6) is -1.60. The van der Waals surface area contributed by atoms with Crippen molar-refractivity contribution in [2.45, 2.75) is 26.8 Å². The van der Waals surface area contributed by atoms with Gasteiger partial charge in [-0.2, -0.15) is 0 Å². The topological polar surface area (TPSA) is 83.4 Å². The smallest absolute Gasteiger partial charge is 0.294 e. The average molecular weight is 482 g/mol. The van der Waals surface area contributed by atoms with Gasteiger partial charge in [-0.05, 0) is 44.5 Å². The van der Waals surface area contributed by atoms with Gasteiger partial charge >= 0.3 is 0 Å². The van der Waals surface area contributed by atoms with E-state index in [1.807, 2.05) is 62.4 Å². The molecule has 2 aromatic carbocycles. The molecule has 0 bridgehead atoms. The monoisotopic (exact) mass is 481 g/mol. The Hall–Kier alpha value is -4.10. The molecule has 35 heavy (non-hydrogen) atoms. The highest BCUT2D eigenvalue weighted by Crippen LogP contribution is 2.43. The molecule has 4 aromatic rings. The van der Waals surface area contributed by atoms with Gasteiger partial charge in [-0.15, -0.1) is 11.3 Å². The summed E-state index contributed by atoms with van der Waals surface area (Å²) in [7, 11) is 0. The average Bonchev–Trinajstić information content (AvgIpc) is 3.37. The normalized spacial score (nSPS) is 15.7. The van der Waals surface area contributed by atoms with Gasteiger partial charge in [-0.3, -0.25) is 19.5 Å². The number of carbonyl (C=O) groups is 2. The van der Waals surface area contributed by atoms with Crippen molar-refractivity contribution in [3.63, 3.8) is 0 Å². The Balaban J connectivity index is 1.64. The van der Waals surface area contributed by atoms with Crippen molar-refractivity contribution in [1.82, 2.24) is 9.97 Å². The maximum absolute atomic E-state index is 13.9. The molecule has 5 rings (SSSR count). The van der Waals surface area contributed by atoms with Gasteiger partial charge < -0.3 is 5.11 Å². The minimum Gasteiger partial charge on any atom is -0.503 e. The molecule has 7 heteroatoms. The number of ketones is 1. The summed E-state index contributed by atoms with van der Waals surface area (Å²) in [4.78, 5) is 38.2. The van der Waals surface area contributed by atoms with E-state index in [4.69, 9.17) is 0 Å². The lowest BCUT2D eigenvalue weighted by Gasteiger charge is -2.27. The second-order valence-corrected chi connectivity index (χ2v) is 9.51. The van der Waals surface area contributed by atoms with E-state index in [1.54, 1.807) is 31.3 Å². The van der Waals surface area contributed by atoms with Crippen LogP contribution < -0.4 is 4.90 Å². The number of rotatable bonds is 5. The molecule has 1 aliphatic heterocycles. The quantitative estimate of drug-likeness (QED) is 0.358. The first-order chi connectivity index (χ1) is 16.9. The summed E-state index contributed by atoms with van der Waals surface area (Å²) >= 11 is 1.25. The molecule has 1 atom stereocenters. The van der Waals surface area contributed by atoms with Crippen LogP contribution in [0.3, 0.4) is 0 Å². The minimum atomic E-state index is -0.862. The Bertz CT molecular complexity index is 1480. The zero-order valence-corrected chi connectivity index (χ0v) is 20.3. The van der Waals surface area contributed by atoms with Crippen molar-refractivity contribution < 1.29 is 14.7 Å².